The fourth-order valence-corrected chi connectivity index (χ4v) is 5.19. The number of esters is 1. The maximum absolute atomic E-state index is 13.5. The molecule has 34 heavy (non-hydrogen) atoms. The van der Waals surface area contributed by atoms with Gasteiger partial charge in [-0.25, -0.2) is 4.98 Å². The summed E-state index contributed by atoms with van der Waals surface area (Å²) < 4.78 is 6.57. The van der Waals surface area contributed by atoms with E-state index in [-0.39, 0.29) is 29.6 Å². The van der Waals surface area contributed by atoms with Crippen LogP contribution in [0.1, 0.15) is 25.3 Å². The van der Waals surface area contributed by atoms with E-state index in [1.165, 1.54) is 22.5 Å². The Labute approximate surface area is 204 Å². The van der Waals surface area contributed by atoms with Gasteiger partial charge in [-0.05, 0) is 24.6 Å². The minimum absolute atomic E-state index is 0.144. The molecule has 2 saturated heterocycles. The number of carbonyl (C=O) groups is 3. The van der Waals surface area contributed by atoms with Crippen molar-refractivity contribution >= 4 is 63.6 Å². The van der Waals surface area contributed by atoms with Crippen molar-refractivity contribution in [3.05, 3.63) is 45.2 Å². The third-order valence-corrected chi connectivity index (χ3v) is 6.91. The molecule has 178 valence electrons. The first kappa shape index (κ1) is 23.9. The van der Waals surface area contributed by atoms with Gasteiger partial charge in [-0.2, -0.15) is 0 Å². The van der Waals surface area contributed by atoms with Crippen molar-refractivity contribution in [1.29, 1.82) is 0 Å². The lowest BCUT2D eigenvalue weighted by Crippen LogP contribution is -2.57. The summed E-state index contributed by atoms with van der Waals surface area (Å²) in [5.41, 5.74) is 0.121. The highest BCUT2D eigenvalue weighted by Crippen LogP contribution is 2.34. The van der Waals surface area contributed by atoms with Crippen LogP contribution in [0.5, 0.6) is 0 Å². The van der Waals surface area contributed by atoms with Gasteiger partial charge in [-0.15, -0.1) is 0 Å². The van der Waals surface area contributed by atoms with Crippen LogP contribution in [-0.2, 0) is 19.1 Å². The summed E-state index contributed by atoms with van der Waals surface area (Å²) >= 11 is 6.48. The molecule has 2 amide bonds. The summed E-state index contributed by atoms with van der Waals surface area (Å²) in [6.07, 6.45) is 3.60. The molecule has 1 unspecified atom stereocenters. The molecule has 0 aromatic carbocycles. The minimum atomic E-state index is -0.916. The number of thioether (sulfide) groups is 1. The van der Waals surface area contributed by atoms with Gasteiger partial charge in [0.1, 0.15) is 21.8 Å². The number of nitrogens with zero attached hydrogens (tertiary/aromatic N) is 4. The number of hydrogen-bond acceptors (Lipinski definition) is 9. The van der Waals surface area contributed by atoms with Gasteiger partial charge in [0.25, 0.3) is 11.5 Å². The van der Waals surface area contributed by atoms with Crippen molar-refractivity contribution in [3.8, 4) is 0 Å². The van der Waals surface area contributed by atoms with Crippen molar-refractivity contribution in [1.82, 2.24) is 19.6 Å². The standard InChI is InChI=1S/C22H23N5O5S2/c1-3-8-27-21(31)15(34-22(27)33)11-13-18(24-16-6-4-5-9-26(16)20(13)30)25-10-7-23-19(29)14(25)12-17(28)32-2/h4-6,9,11,14H,3,7-8,10,12H2,1-2H3,(H,23,29). The first-order chi connectivity index (χ1) is 16.3. The van der Waals surface area contributed by atoms with Gasteiger partial charge in [0, 0.05) is 25.8 Å². The SMILES string of the molecule is CCCN1C(=O)C(=Cc2c(N3CCNC(=O)C3CC(=O)OC)nc3ccccn3c2=O)SC1=S. The molecule has 2 aliphatic heterocycles. The van der Waals surface area contributed by atoms with Gasteiger partial charge in [0.2, 0.25) is 5.91 Å². The number of amides is 2. The first-order valence-electron chi connectivity index (χ1n) is 10.7. The van der Waals surface area contributed by atoms with Crippen LogP contribution < -0.4 is 15.8 Å². The van der Waals surface area contributed by atoms with Gasteiger partial charge in [-0.1, -0.05) is 37.0 Å². The molecule has 0 saturated carbocycles. The minimum Gasteiger partial charge on any atom is -0.469 e. The Morgan fingerprint density at radius 2 is 2.15 bits per heavy atom. The van der Waals surface area contributed by atoms with Crippen molar-refractivity contribution in [2.75, 3.05) is 31.6 Å². The molecule has 10 nitrogen and oxygen atoms in total. The third kappa shape index (κ3) is 4.42. The maximum atomic E-state index is 13.5. The summed E-state index contributed by atoms with van der Waals surface area (Å²) in [5.74, 6) is -0.984. The zero-order valence-electron chi connectivity index (χ0n) is 18.6. The smallest absolute Gasteiger partial charge is 0.308 e. The van der Waals surface area contributed by atoms with Crippen molar-refractivity contribution in [2.24, 2.45) is 0 Å². The fraction of sp³-hybridized carbons (Fsp3) is 0.364. The van der Waals surface area contributed by atoms with E-state index in [0.717, 1.165) is 18.2 Å². The van der Waals surface area contributed by atoms with Gasteiger partial charge < -0.3 is 15.0 Å². The van der Waals surface area contributed by atoms with Crippen molar-refractivity contribution in [3.63, 3.8) is 0 Å². The van der Waals surface area contributed by atoms with Crippen molar-refractivity contribution in [2.45, 2.75) is 25.8 Å². The second-order valence-corrected chi connectivity index (χ2v) is 9.37. The Bertz CT molecular complexity index is 1270. The zero-order chi connectivity index (χ0) is 24.4. The molecule has 0 spiro atoms. The molecule has 2 fully saturated rings. The fourth-order valence-electron chi connectivity index (χ4n) is 3.90. The molecular weight excluding hydrogens is 478 g/mol. The monoisotopic (exact) mass is 501 g/mol. The van der Waals surface area contributed by atoms with E-state index in [0.29, 0.717) is 34.5 Å². The summed E-state index contributed by atoms with van der Waals surface area (Å²) in [6.45, 7) is 3.06. The number of carbonyl (C=O) groups excluding carboxylic acids is 3. The number of rotatable bonds is 6. The molecule has 2 aromatic heterocycles. The molecule has 4 heterocycles. The normalized spacial score (nSPS) is 19.8. The summed E-state index contributed by atoms with van der Waals surface area (Å²) in [6, 6.07) is 4.21. The van der Waals surface area contributed by atoms with Gasteiger partial charge in [0.15, 0.2) is 0 Å². The molecule has 12 heteroatoms. The summed E-state index contributed by atoms with van der Waals surface area (Å²) in [4.78, 5) is 59.3. The van der Waals surface area contributed by atoms with Crippen LogP contribution in [0.15, 0.2) is 34.1 Å². The summed E-state index contributed by atoms with van der Waals surface area (Å²) in [5, 5.41) is 2.74. The Morgan fingerprint density at radius 3 is 2.88 bits per heavy atom. The highest BCUT2D eigenvalue weighted by atomic mass is 32.2. The van der Waals surface area contributed by atoms with Gasteiger partial charge in [0.05, 0.1) is 24.0 Å². The number of fused-ring (bicyclic) bond motifs is 1. The molecule has 0 radical (unpaired) electrons. The number of hydrogen-bond donors (Lipinski definition) is 1. The maximum Gasteiger partial charge on any atom is 0.308 e. The van der Waals surface area contributed by atoms with Gasteiger partial charge in [-0.3, -0.25) is 28.5 Å². The largest absolute Gasteiger partial charge is 0.469 e. The number of aromatic nitrogens is 2. The number of pyridine rings is 1. The van der Waals surface area contributed by atoms with E-state index in [2.05, 4.69) is 10.3 Å². The number of anilines is 1. The molecule has 1 atom stereocenters. The van der Waals surface area contributed by atoms with E-state index >= 15 is 0 Å². The van der Waals surface area contributed by atoms with E-state index in [9.17, 15) is 19.2 Å². The second-order valence-electron chi connectivity index (χ2n) is 7.70. The Hall–Kier alpha value is -3.25. The quantitative estimate of drug-likeness (QED) is 0.354. The first-order valence-corrected chi connectivity index (χ1v) is 12.0. The Morgan fingerprint density at radius 1 is 1.35 bits per heavy atom. The van der Waals surface area contributed by atoms with E-state index in [4.69, 9.17) is 17.0 Å². The third-order valence-electron chi connectivity index (χ3n) is 5.54. The zero-order valence-corrected chi connectivity index (χ0v) is 20.3. The van der Waals surface area contributed by atoms with Crippen LogP contribution >= 0.6 is 24.0 Å². The lowest BCUT2D eigenvalue weighted by atomic mass is 10.1. The van der Waals surface area contributed by atoms with Crippen molar-refractivity contribution < 1.29 is 19.1 Å². The lowest BCUT2D eigenvalue weighted by Gasteiger charge is -2.36. The summed E-state index contributed by atoms with van der Waals surface area (Å²) in [7, 11) is 1.25. The number of piperazine rings is 1. The number of nitrogens with one attached hydrogen (secondary N) is 1. The number of methoxy groups -OCH3 is 1. The number of ether oxygens (including phenoxy) is 1. The predicted molar refractivity (Wildman–Crippen MR) is 132 cm³/mol. The molecule has 2 aromatic rings. The second kappa shape index (κ2) is 9.94. The Balaban J connectivity index is 1.88. The number of thiocarbonyl (C=S) groups is 1. The molecule has 2 aliphatic rings. The Kier molecular flexibility index (Phi) is 6.98. The topological polar surface area (TPSA) is 113 Å². The van der Waals surface area contributed by atoms with Crippen LogP contribution in [0.3, 0.4) is 0 Å². The molecule has 0 aliphatic carbocycles. The average molecular weight is 502 g/mol. The highest BCUT2D eigenvalue weighted by molar-refractivity contribution is 8.26. The molecule has 1 N–H and O–H groups in total. The lowest BCUT2D eigenvalue weighted by molar-refractivity contribution is -0.143. The highest BCUT2D eigenvalue weighted by Gasteiger charge is 2.36. The molecule has 4 rings (SSSR count). The van der Waals surface area contributed by atoms with E-state index in [1.807, 2.05) is 6.92 Å². The van der Waals surface area contributed by atoms with Crippen LogP contribution in [0, 0.1) is 0 Å². The van der Waals surface area contributed by atoms with Crippen LogP contribution in [0.25, 0.3) is 11.7 Å². The van der Waals surface area contributed by atoms with Crippen LogP contribution in [0.2, 0.25) is 0 Å². The average Bonchev–Trinajstić information content (AvgIpc) is 3.09. The predicted octanol–water partition coefficient (Wildman–Crippen LogP) is 1.17. The van der Waals surface area contributed by atoms with E-state index in [1.54, 1.807) is 29.3 Å². The molecular formula is C22H23N5O5S2. The van der Waals surface area contributed by atoms with E-state index < -0.39 is 17.6 Å². The van der Waals surface area contributed by atoms with Gasteiger partial charge >= 0.3 is 5.97 Å². The van der Waals surface area contributed by atoms with Crippen LogP contribution in [0.4, 0.5) is 5.82 Å². The molecule has 0 bridgehead atoms. The van der Waals surface area contributed by atoms with Crippen LogP contribution in [-0.4, -0.2) is 69.2 Å².